The molecule has 4 nitrogen and oxygen atoms in total. The number of anilines is 2. The van der Waals surface area contributed by atoms with Crippen molar-refractivity contribution in [1.82, 2.24) is 4.98 Å². The molecule has 0 bridgehead atoms. The smallest absolute Gasteiger partial charge is 0.142 e. The van der Waals surface area contributed by atoms with Gasteiger partial charge in [-0.15, -0.1) is 0 Å². The standard InChI is InChI=1S/C14H13N3O/c1-2-18-14-5-3-4-11(9-14)17-12-6-7-16-13(8-12)10-15/h3-9H,2H2,1H3,(H,16,17). The SMILES string of the molecule is CCOc1cccc(Nc2ccnc(C#N)c2)c1. The van der Waals surface area contributed by atoms with Crippen molar-refractivity contribution >= 4 is 11.4 Å². The van der Waals surface area contributed by atoms with Crippen LogP contribution in [0.15, 0.2) is 42.6 Å². The van der Waals surface area contributed by atoms with Gasteiger partial charge in [0.05, 0.1) is 6.61 Å². The normalized spacial score (nSPS) is 9.56. The molecule has 0 saturated heterocycles. The van der Waals surface area contributed by atoms with Crippen molar-refractivity contribution < 1.29 is 4.74 Å². The lowest BCUT2D eigenvalue weighted by atomic mass is 10.2. The summed E-state index contributed by atoms with van der Waals surface area (Å²) in [4.78, 5) is 3.92. The van der Waals surface area contributed by atoms with Crippen LogP contribution in [0, 0.1) is 11.3 Å². The molecule has 0 amide bonds. The van der Waals surface area contributed by atoms with Crippen molar-refractivity contribution in [2.75, 3.05) is 11.9 Å². The van der Waals surface area contributed by atoms with Gasteiger partial charge in [-0.3, -0.25) is 0 Å². The largest absolute Gasteiger partial charge is 0.494 e. The predicted molar refractivity (Wildman–Crippen MR) is 69.8 cm³/mol. The summed E-state index contributed by atoms with van der Waals surface area (Å²) in [7, 11) is 0. The van der Waals surface area contributed by atoms with Crippen molar-refractivity contribution in [3.63, 3.8) is 0 Å². The van der Waals surface area contributed by atoms with Crippen LogP contribution >= 0.6 is 0 Å². The van der Waals surface area contributed by atoms with Gasteiger partial charge in [0, 0.05) is 23.6 Å². The maximum Gasteiger partial charge on any atom is 0.142 e. The van der Waals surface area contributed by atoms with E-state index in [0.29, 0.717) is 12.3 Å². The van der Waals surface area contributed by atoms with Crippen molar-refractivity contribution in [2.24, 2.45) is 0 Å². The van der Waals surface area contributed by atoms with Crippen molar-refractivity contribution in [2.45, 2.75) is 6.92 Å². The number of nitriles is 1. The molecule has 1 aromatic heterocycles. The third-order valence-corrected chi connectivity index (χ3v) is 2.31. The van der Waals surface area contributed by atoms with Crippen LogP contribution in [0.25, 0.3) is 0 Å². The summed E-state index contributed by atoms with van der Waals surface area (Å²) in [5.74, 6) is 0.817. The summed E-state index contributed by atoms with van der Waals surface area (Å²) >= 11 is 0. The summed E-state index contributed by atoms with van der Waals surface area (Å²) < 4.78 is 5.42. The van der Waals surface area contributed by atoms with Gasteiger partial charge in [0.2, 0.25) is 0 Å². The van der Waals surface area contributed by atoms with E-state index in [-0.39, 0.29) is 0 Å². The minimum Gasteiger partial charge on any atom is -0.494 e. The fourth-order valence-electron chi connectivity index (χ4n) is 1.57. The van der Waals surface area contributed by atoms with Gasteiger partial charge >= 0.3 is 0 Å². The lowest BCUT2D eigenvalue weighted by Crippen LogP contribution is -1.94. The van der Waals surface area contributed by atoms with E-state index in [4.69, 9.17) is 10.00 Å². The number of nitrogens with one attached hydrogen (secondary N) is 1. The number of ether oxygens (including phenoxy) is 1. The van der Waals surface area contributed by atoms with Crippen LogP contribution in [0.1, 0.15) is 12.6 Å². The van der Waals surface area contributed by atoms with Crippen LogP contribution < -0.4 is 10.1 Å². The Morgan fingerprint density at radius 1 is 1.28 bits per heavy atom. The lowest BCUT2D eigenvalue weighted by Gasteiger charge is -2.08. The Morgan fingerprint density at radius 2 is 2.11 bits per heavy atom. The molecule has 0 atom stereocenters. The van der Waals surface area contributed by atoms with Crippen LogP contribution in [0.5, 0.6) is 5.75 Å². The molecular formula is C14H13N3O. The number of benzene rings is 1. The van der Waals surface area contributed by atoms with Crippen molar-refractivity contribution in [1.29, 1.82) is 5.26 Å². The van der Waals surface area contributed by atoms with Crippen LogP contribution in [-0.4, -0.2) is 11.6 Å². The Bertz CT molecular complexity index is 575. The van der Waals surface area contributed by atoms with Gasteiger partial charge in [-0.2, -0.15) is 5.26 Å². The van der Waals surface area contributed by atoms with E-state index < -0.39 is 0 Å². The number of nitrogens with zero attached hydrogens (tertiary/aromatic N) is 2. The highest BCUT2D eigenvalue weighted by Gasteiger charge is 1.99. The highest BCUT2D eigenvalue weighted by molar-refractivity contribution is 5.61. The number of hydrogen-bond acceptors (Lipinski definition) is 4. The average Bonchev–Trinajstić information content (AvgIpc) is 2.40. The van der Waals surface area contributed by atoms with Crippen LogP contribution in [0.2, 0.25) is 0 Å². The molecule has 0 unspecified atom stereocenters. The number of pyridine rings is 1. The molecule has 0 aliphatic heterocycles. The zero-order valence-corrected chi connectivity index (χ0v) is 10.1. The first-order chi connectivity index (χ1) is 8.81. The Kier molecular flexibility index (Phi) is 3.77. The molecule has 0 aliphatic rings. The third-order valence-electron chi connectivity index (χ3n) is 2.31. The monoisotopic (exact) mass is 239 g/mol. The molecule has 0 saturated carbocycles. The zero-order valence-electron chi connectivity index (χ0n) is 10.1. The third kappa shape index (κ3) is 2.98. The fourth-order valence-corrected chi connectivity index (χ4v) is 1.57. The number of aromatic nitrogens is 1. The average molecular weight is 239 g/mol. The zero-order chi connectivity index (χ0) is 12.8. The van der Waals surface area contributed by atoms with Gasteiger partial charge < -0.3 is 10.1 Å². The van der Waals surface area contributed by atoms with E-state index in [1.54, 1.807) is 12.3 Å². The van der Waals surface area contributed by atoms with E-state index in [2.05, 4.69) is 10.3 Å². The molecule has 1 N–H and O–H groups in total. The fraction of sp³-hybridized carbons (Fsp3) is 0.143. The van der Waals surface area contributed by atoms with Gasteiger partial charge in [-0.25, -0.2) is 4.98 Å². The van der Waals surface area contributed by atoms with Crippen LogP contribution in [0.4, 0.5) is 11.4 Å². The first kappa shape index (κ1) is 11.9. The van der Waals surface area contributed by atoms with E-state index in [9.17, 15) is 0 Å². The maximum atomic E-state index is 8.78. The number of hydrogen-bond donors (Lipinski definition) is 1. The summed E-state index contributed by atoms with van der Waals surface area (Å²) in [5, 5.41) is 12.0. The Labute approximate surface area is 106 Å². The molecule has 1 heterocycles. The summed E-state index contributed by atoms with van der Waals surface area (Å²) in [6.45, 7) is 2.58. The van der Waals surface area contributed by atoms with Crippen molar-refractivity contribution in [3.8, 4) is 11.8 Å². The molecule has 2 rings (SSSR count). The second kappa shape index (κ2) is 5.69. The minimum atomic E-state index is 0.390. The predicted octanol–water partition coefficient (Wildman–Crippen LogP) is 3.10. The molecule has 1 aromatic carbocycles. The van der Waals surface area contributed by atoms with E-state index >= 15 is 0 Å². The molecule has 0 fully saturated rings. The van der Waals surface area contributed by atoms with Gasteiger partial charge in [-0.05, 0) is 31.2 Å². The van der Waals surface area contributed by atoms with Gasteiger partial charge in [0.15, 0.2) is 0 Å². The molecule has 0 radical (unpaired) electrons. The molecule has 90 valence electrons. The second-order valence-corrected chi connectivity index (χ2v) is 3.63. The molecule has 0 spiro atoms. The van der Waals surface area contributed by atoms with Gasteiger partial charge in [-0.1, -0.05) is 6.07 Å². The molecule has 0 aliphatic carbocycles. The molecule has 4 heteroatoms. The van der Waals surface area contributed by atoms with E-state index in [0.717, 1.165) is 17.1 Å². The number of rotatable bonds is 4. The van der Waals surface area contributed by atoms with Crippen molar-refractivity contribution in [3.05, 3.63) is 48.3 Å². The van der Waals surface area contributed by atoms with Gasteiger partial charge in [0.1, 0.15) is 17.5 Å². The Morgan fingerprint density at radius 3 is 2.89 bits per heavy atom. The summed E-state index contributed by atoms with van der Waals surface area (Å²) in [6, 6.07) is 13.2. The first-order valence-electron chi connectivity index (χ1n) is 5.68. The van der Waals surface area contributed by atoms with Crippen LogP contribution in [-0.2, 0) is 0 Å². The highest BCUT2D eigenvalue weighted by atomic mass is 16.5. The van der Waals surface area contributed by atoms with E-state index in [1.165, 1.54) is 0 Å². The van der Waals surface area contributed by atoms with Crippen LogP contribution in [0.3, 0.4) is 0 Å². The first-order valence-corrected chi connectivity index (χ1v) is 5.68. The lowest BCUT2D eigenvalue weighted by molar-refractivity contribution is 0.340. The highest BCUT2D eigenvalue weighted by Crippen LogP contribution is 2.21. The Hall–Kier alpha value is -2.54. The Balaban J connectivity index is 2.18. The molecular weight excluding hydrogens is 226 g/mol. The van der Waals surface area contributed by atoms with Gasteiger partial charge in [0.25, 0.3) is 0 Å². The molecule has 2 aromatic rings. The second-order valence-electron chi connectivity index (χ2n) is 3.63. The molecule has 18 heavy (non-hydrogen) atoms. The topological polar surface area (TPSA) is 57.9 Å². The minimum absolute atomic E-state index is 0.390. The van der Waals surface area contributed by atoms with E-state index in [1.807, 2.05) is 43.3 Å². The maximum absolute atomic E-state index is 8.78. The quantitative estimate of drug-likeness (QED) is 0.890. The summed E-state index contributed by atoms with van der Waals surface area (Å²) in [6.07, 6.45) is 1.60. The summed E-state index contributed by atoms with van der Waals surface area (Å²) in [5.41, 5.74) is 2.13.